The van der Waals surface area contributed by atoms with Gasteiger partial charge in [0.25, 0.3) is 0 Å². The molecule has 0 aromatic carbocycles. The quantitative estimate of drug-likeness (QED) is 0.336. The number of pyridine rings is 1. The number of rotatable bonds is 1. The third kappa shape index (κ3) is 5.89. The normalized spacial score (nSPS) is 11.6. The van der Waals surface area contributed by atoms with Gasteiger partial charge in [-0.25, -0.2) is 8.42 Å². The van der Waals surface area contributed by atoms with Gasteiger partial charge in [-0.1, -0.05) is 17.7 Å². The van der Waals surface area contributed by atoms with Gasteiger partial charge in [-0.3, -0.25) is 0 Å². The van der Waals surface area contributed by atoms with E-state index < -0.39 is 15.6 Å². The monoisotopic (exact) mass is 277 g/mol. The average molecular weight is 278 g/mol. The molecule has 0 spiro atoms. The summed E-state index contributed by atoms with van der Waals surface area (Å²) in [6.45, 7) is 0. The van der Waals surface area contributed by atoms with Gasteiger partial charge in [-0.15, -0.1) is 0 Å². The number of alkyl halides is 4. The molecule has 0 aliphatic rings. The average Bonchev–Trinajstić information content (AvgIpc) is 2.17. The Morgan fingerprint density at radius 2 is 1.56 bits per heavy atom. The molecular formula is C7H7ClF3NO3S. The summed E-state index contributed by atoms with van der Waals surface area (Å²) in [6, 6.07) is 6.38. The van der Waals surface area contributed by atoms with Crippen molar-refractivity contribution in [2.75, 3.05) is 0 Å². The van der Waals surface area contributed by atoms with E-state index in [1.54, 1.807) is 0 Å². The third-order valence-corrected chi connectivity index (χ3v) is 2.04. The van der Waals surface area contributed by atoms with E-state index >= 15 is 0 Å². The topological polar surface area (TPSA) is 61.1 Å². The highest BCUT2D eigenvalue weighted by Crippen LogP contribution is 2.20. The van der Waals surface area contributed by atoms with E-state index in [0.717, 1.165) is 0 Å². The molecule has 1 rings (SSSR count). The molecule has 16 heavy (non-hydrogen) atoms. The molecule has 0 radical (unpaired) electrons. The van der Waals surface area contributed by atoms with Crippen LogP contribution in [0.25, 0.3) is 0 Å². The van der Waals surface area contributed by atoms with E-state index in [-0.39, 0.29) is 0 Å². The first kappa shape index (κ1) is 15.1. The first-order chi connectivity index (χ1) is 7.18. The minimum Gasteiger partial charge on any atom is -0.741 e. The maximum Gasteiger partial charge on any atom is 0.485 e. The second-order valence-electron chi connectivity index (χ2n) is 2.41. The van der Waals surface area contributed by atoms with Crippen LogP contribution in [0.2, 0.25) is 0 Å². The zero-order valence-corrected chi connectivity index (χ0v) is 9.26. The van der Waals surface area contributed by atoms with Gasteiger partial charge >= 0.3 is 5.51 Å². The Kier molecular flexibility index (Phi) is 5.70. The number of hydrogen-bond donors (Lipinski definition) is 0. The Hall–Kier alpha value is -0.860. The molecule has 0 fully saturated rings. The van der Waals surface area contributed by atoms with Crippen LogP contribution in [0, 0.1) is 0 Å². The molecular weight excluding hydrogens is 271 g/mol. The van der Waals surface area contributed by atoms with Crippen molar-refractivity contribution < 1.29 is 30.7 Å². The standard InChI is InChI=1S/C6H7ClN.CHF3O3S/c7-6-8-4-2-1-3-5-8;2-1(3,4)8(5,6)7/h1-5H,6H2;(H,5,6,7)/q+1;/p-1. The number of hydrogen-bond acceptors (Lipinski definition) is 3. The SMILES string of the molecule is ClC[n+]1ccccc1.O=S(=O)([O-])C(F)(F)F. The molecule has 4 nitrogen and oxygen atoms in total. The molecule has 0 unspecified atom stereocenters. The van der Waals surface area contributed by atoms with Crippen molar-refractivity contribution in [2.45, 2.75) is 11.5 Å². The molecule has 0 bridgehead atoms. The van der Waals surface area contributed by atoms with Crippen LogP contribution in [0.5, 0.6) is 0 Å². The van der Waals surface area contributed by atoms with Gasteiger partial charge in [-0.05, 0) is 0 Å². The van der Waals surface area contributed by atoms with E-state index in [0.29, 0.717) is 6.00 Å². The first-order valence-electron chi connectivity index (χ1n) is 3.70. The van der Waals surface area contributed by atoms with Gasteiger partial charge in [0.15, 0.2) is 22.5 Å². The van der Waals surface area contributed by atoms with Crippen molar-refractivity contribution in [3.63, 3.8) is 0 Å². The van der Waals surface area contributed by atoms with Crippen LogP contribution in [0.1, 0.15) is 0 Å². The molecule has 0 saturated heterocycles. The molecule has 1 heterocycles. The van der Waals surface area contributed by atoms with Crippen LogP contribution in [0.4, 0.5) is 13.2 Å². The molecule has 0 amide bonds. The molecule has 0 N–H and O–H groups in total. The summed E-state index contributed by atoms with van der Waals surface area (Å²) in [6.07, 6.45) is 3.85. The van der Waals surface area contributed by atoms with Crippen molar-refractivity contribution in [1.29, 1.82) is 0 Å². The Bertz CT molecular complexity index is 407. The summed E-state index contributed by atoms with van der Waals surface area (Å²) in [5.41, 5.74) is -5.65. The molecule has 0 atom stereocenters. The summed E-state index contributed by atoms with van der Waals surface area (Å²) < 4.78 is 60.8. The van der Waals surface area contributed by atoms with Crippen LogP contribution >= 0.6 is 11.6 Å². The summed E-state index contributed by atoms with van der Waals surface area (Å²) in [5, 5.41) is 0. The van der Waals surface area contributed by atoms with E-state index in [9.17, 15) is 13.2 Å². The maximum absolute atomic E-state index is 10.7. The fourth-order valence-corrected chi connectivity index (χ4v) is 0.673. The lowest BCUT2D eigenvalue weighted by molar-refractivity contribution is -0.678. The van der Waals surface area contributed by atoms with Crippen LogP contribution in [-0.2, 0) is 16.1 Å². The van der Waals surface area contributed by atoms with Crippen LogP contribution in [-0.4, -0.2) is 18.5 Å². The van der Waals surface area contributed by atoms with Crippen LogP contribution in [0.15, 0.2) is 30.6 Å². The Morgan fingerprint density at radius 3 is 1.75 bits per heavy atom. The molecule has 0 aliphatic carbocycles. The van der Waals surface area contributed by atoms with E-state index in [1.807, 2.05) is 35.2 Å². The van der Waals surface area contributed by atoms with Gasteiger partial charge in [0.1, 0.15) is 0 Å². The predicted molar refractivity (Wildman–Crippen MR) is 48.2 cm³/mol. The highest BCUT2D eigenvalue weighted by atomic mass is 35.5. The van der Waals surface area contributed by atoms with Crippen molar-refractivity contribution in [3.05, 3.63) is 30.6 Å². The summed E-state index contributed by atoms with van der Waals surface area (Å²) >= 11 is 5.49. The summed E-state index contributed by atoms with van der Waals surface area (Å²) in [4.78, 5) is 0. The van der Waals surface area contributed by atoms with E-state index in [4.69, 9.17) is 24.6 Å². The summed E-state index contributed by atoms with van der Waals surface area (Å²) in [5.74, 6) is 0. The maximum atomic E-state index is 10.7. The van der Waals surface area contributed by atoms with Gasteiger partial charge in [0.05, 0.1) is 0 Å². The Labute approximate surface area is 95.0 Å². The lowest BCUT2D eigenvalue weighted by Gasteiger charge is -2.08. The summed E-state index contributed by atoms with van der Waals surface area (Å²) in [7, 11) is -6.09. The van der Waals surface area contributed by atoms with Crippen molar-refractivity contribution in [3.8, 4) is 0 Å². The van der Waals surface area contributed by atoms with Crippen LogP contribution in [0.3, 0.4) is 0 Å². The van der Waals surface area contributed by atoms with Gasteiger partial charge in [0, 0.05) is 12.1 Å². The molecule has 1 aromatic rings. The molecule has 0 aliphatic heterocycles. The Balaban J connectivity index is 0.000000281. The van der Waals surface area contributed by atoms with Crippen molar-refractivity contribution in [2.24, 2.45) is 0 Å². The zero-order valence-electron chi connectivity index (χ0n) is 7.69. The largest absolute Gasteiger partial charge is 0.741 e. The van der Waals surface area contributed by atoms with Crippen LogP contribution < -0.4 is 4.57 Å². The van der Waals surface area contributed by atoms with Crippen molar-refractivity contribution in [1.82, 2.24) is 0 Å². The fourth-order valence-electron chi connectivity index (χ4n) is 0.514. The highest BCUT2D eigenvalue weighted by Gasteiger charge is 2.36. The third-order valence-electron chi connectivity index (χ3n) is 1.20. The zero-order chi connectivity index (χ0) is 12.8. The predicted octanol–water partition coefficient (Wildman–Crippen LogP) is 1.22. The molecule has 1 aromatic heterocycles. The highest BCUT2D eigenvalue weighted by molar-refractivity contribution is 7.86. The fraction of sp³-hybridized carbons (Fsp3) is 0.286. The number of nitrogens with zero attached hydrogens (tertiary/aromatic N) is 1. The second-order valence-corrected chi connectivity index (χ2v) is 4.02. The lowest BCUT2D eigenvalue weighted by atomic mass is 10.5. The van der Waals surface area contributed by atoms with Gasteiger partial charge < -0.3 is 4.55 Å². The molecule has 9 heteroatoms. The van der Waals surface area contributed by atoms with Crippen molar-refractivity contribution >= 4 is 21.7 Å². The smallest absolute Gasteiger partial charge is 0.485 e. The van der Waals surface area contributed by atoms with Gasteiger partial charge in [0.2, 0.25) is 6.00 Å². The number of halogens is 4. The minimum atomic E-state index is -6.09. The Morgan fingerprint density at radius 1 is 1.19 bits per heavy atom. The van der Waals surface area contributed by atoms with E-state index in [1.165, 1.54) is 0 Å². The van der Waals surface area contributed by atoms with Gasteiger partial charge in [-0.2, -0.15) is 17.7 Å². The lowest BCUT2D eigenvalue weighted by Crippen LogP contribution is -2.28. The number of aromatic nitrogens is 1. The first-order valence-corrected chi connectivity index (χ1v) is 5.65. The van der Waals surface area contributed by atoms with E-state index in [2.05, 4.69) is 0 Å². The molecule has 92 valence electrons. The molecule has 0 saturated carbocycles. The minimum absolute atomic E-state index is 0.529. The second kappa shape index (κ2) is 6.02.